The van der Waals surface area contributed by atoms with E-state index in [9.17, 15) is 5.11 Å². The van der Waals surface area contributed by atoms with Gasteiger partial charge in [-0.05, 0) is 68.0 Å². The van der Waals surface area contributed by atoms with E-state index in [1.807, 2.05) is 38.6 Å². The van der Waals surface area contributed by atoms with Gasteiger partial charge < -0.3 is 10.4 Å². The summed E-state index contributed by atoms with van der Waals surface area (Å²) in [5, 5.41) is 13.1. The van der Waals surface area contributed by atoms with Crippen molar-refractivity contribution in [1.29, 1.82) is 0 Å². The lowest BCUT2D eigenvalue weighted by Gasteiger charge is -2.18. The molecule has 0 amide bonds. The molecule has 0 saturated carbocycles. The summed E-state index contributed by atoms with van der Waals surface area (Å²) in [5.41, 5.74) is 5.86. The zero-order chi connectivity index (χ0) is 19.1. The molecule has 2 nitrogen and oxygen atoms in total. The Bertz CT molecular complexity index is 794. The van der Waals surface area contributed by atoms with Gasteiger partial charge in [-0.15, -0.1) is 0 Å². The van der Waals surface area contributed by atoms with E-state index in [4.69, 9.17) is 0 Å². The molecule has 0 aromatic heterocycles. The normalized spacial score (nSPS) is 12.8. The number of nitrogens with one attached hydrogen (secondary N) is 1. The van der Waals surface area contributed by atoms with Crippen LogP contribution < -0.4 is 5.32 Å². The molecule has 0 spiro atoms. The summed E-state index contributed by atoms with van der Waals surface area (Å²) in [7, 11) is 0. The lowest BCUT2D eigenvalue weighted by atomic mass is 10.0. The fourth-order valence-corrected chi connectivity index (χ4v) is 4.31. The van der Waals surface area contributed by atoms with Crippen LogP contribution in [0.3, 0.4) is 0 Å². The number of hydrogen-bond donors (Lipinski definition) is 2. The summed E-state index contributed by atoms with van der Waals surface area (Å²) in [6.07, 6.45) is 5.23. The first-order valence-electron chi connectivity index (χ1n) is 9.30. The first-order chi connectivity index (χ1) is 12.6. The molecule has 2 N–H and O–H groups in total. The third-order valence-corrected chi connectivity index (χ3v) is 5.65. The molecule has 0 fully saturated rings. The van der Waals surface area contributed by atoms with Crippen LogP contribution in [0.1, 0.15) is 43.9 Å². The molecule has 138 valence electrons. The number of rotatable bonds is 5. The average Bonchev–Trinajstić information content (AvgIpc) is 3.14. The van der Waals surface area contributed by atoms with E-state index in [0.29, 0.717) is 5.70 Å². The quantitative estimate of drug-likeness (QED) is 0.439. The number of allylic oxidation sites excluding steroid dienone is 1. The third-order valence-electron chi connectivity index (χ3n) is 4.37. The summed E-state index contributed by atoms with van der Waals surface area (Å²) < 4.78 is 0. The standard InChI is InChI=1S/C21H23NOS.C2H6/c1-4-19(15(3)23)22-20-13-14(2)21(18-12-8-11-17(18)20)24-16-9-6-5-7-10-16;1-2/h4-7,9-10,13,22-23H,3,8,11-12H2,1-2H3;1-2H3. The summed E-state index contributed by atoms with van der Waals surface area (Å²) in [4.78, 5) is 2.65. The van der Waals surface area contributed by atoms with Gasteiger partial charge in [0.1, 0.15) is 5.76 Å². The van der Waals surface area contributed by atoms with Gasteiger partial charge in [-0.2, -0.15) is 0 Å². The Morgan fingerprint density at radius 2 is 1.81 bits per heavy atom. The van der Waals surface area contributed by atoms with Gasteiger partial charge in [-0.1, -0.05) is 56.5 Å². The maximum absolute atomic E-state index is 9.71. The Kier molecular flexibility index (Phi) is 7.40. The van der Waals surface area contributed by atoms with Gasteiger partial charge in [0.2, 0.25) is 0 Å². The monoisotopic (exact) mass is 367 g/mol. The topological polar surface area (TPSA) is 32.3 Å². The molecule has 0 unspecified atom stereocenters. The number of aryl methyl sites for hydroxylation is 1. The van der Waals surface area contributed by atoms with E-state index < -0.39 is 0 Å². The van der Waals surface area contributed by atoms with Gasteiger partial charge in [0, 0.05) is 15.5 Å². The minimum absolute atomic E-state index is 0.0737. The smallest absolute Gasteiger partial charge is 0.131 e. The van der Waals surface area contributed by atoms with Crippen molar-refractivity contribution in [2.24, 2.45) is 0 Å². The fourth-order valence-electron chi connectivity index (χ4n) is 3.21. The highest BCUT2D eigenvalue weighted by atomic mass is 32.2. The van der Waals surface area contributed by atoms with Gasteiger partial charge in [-0.3, -0.25) is 0 Å². The SMILES string of the molecule is C=C(O)C(=CC)Nc1cc(C)c(Sc2ccccc2)c2c1CCC2.CC. The van der Waals surface area contributed by atoms with Crippen molar-refractivity contribution in [3.05, 3.63) is 77.2 Å². The van der Waals surface area contributed by atoms with E-state index in [1.54, 1.807) is 0 Å². The van der Waals surface area contributed by atoms with Crippen LogP contribution >= 0.6 is 11.8 Å². The van der Waals surface area contributed by atoms with Crippen LogP contribution in [0.4, 0.5) is 5.69 Å². The van der Waals surface area contributed by atoms with Gasteiger partial charge in [0.05, 0.1) is 5.70 Å². The predicted octanol–water partition coefficient (Wildman–Crippen LogP) is 7.05. The Balaban J connectivity index is 0.00000117. The van der Waals surface area contributed by atoms with Crippen LogP contribution in [-0.2, 0) is 12.8 Å². The van der Waals surface area contributed by atoms with E-state index >= 15 is 0 Å². The van der Waals surface area contributed by atoms with Gasteiger partial charge in [-0.25, -0.2) is 0 Å². The Morgan fingerprint density at radius 3 is 2.42 bits per heavy atom. The third kappa shape index (κ3) is 4.53. The molecule has 0 radical (unpaired) electrons. The van der Waals surface area contributed by atoms with Crippen molar-refractivity contribution in [2.75, 3.05) is 5.32 Å². The summed E-state index contributed by atoms with van der Waals surface area (Å²) in [5.74, 6) is 0.0737. The van der Waals surface area contributed by atoms with Gasteiger partial charge in [0.25, 0.3) is 0 Å². The summed E-state index contributed by atoms with van der Waals surface area (Å²) in [6, 6.07) is 12.7. The van der Waals surface area contributed by atoms with Crippen LogP contribution in [0.25, 0.3) is 0 Å². The maximum Gasteiger partial charge on any atom is 0.131 e. The minimum atomic E-state index is 0.0737. The minimum Gasteiger partial charge on any atom is -0.506 e. The second kappa shape index (κ2) is 9.54. The van der Waals surface area contributed by atoms with Crippen molar-refractivity contribution in [2.45, 2.75) is 56.7 Å². The molecule has 1 aliphatic carbocycles. The molecule has 2 aromatic rings. The number of benzene rings is 2. The van der Waals surface area contributed by atoms with Crippen molar-refractivity contribution in [1.82, 2.24) is 0 Å². The van der Waals surface area contributed by atoms with Gasteiger partial charge in [0.15, 0.2) is 0 Å². The second-order valence-electron chi connectivity index (χ2n) is 6.07. The number of hydrogen-bond acceptors (Lipinski definition) is 3. The van der Waals surface area contributed by atoms with Crippen LogP contribution in [0.15, 0.2) is 70.3 Å². The number of aliphatic hydroxyl groups is 1. The lowest BCUT2D eigenvalue weighted by molar-refractivity contribution is 0.427. The maximum atomic E-state index is 9.71. The predicted molar refractivity (Wildman–Crippen MR) is 114 cm³/mol. The molecular weight excluding hydrogens is 338 g/mol. The fraction of sp³-hybridized carbons (Fsp3) is 0.304. The largest absolute Gasteiger partial charge is 0.506 e. The summed E-state index contributed by atoms with van der Waals surface area (Å²) in [6.45, 7) is 11.7. The van der Waals surface area contributed by atoms with Crippen LogP contribution in [0.2, 0.25) is 0 Å². The van der Waals surface area contributed by atoms with E-state index in [1.165, 1.54) is 32.9 Å². The molecule has 3 rings (SSSR count). The molecule has 3 heteroatoms. The van der Waals surface area contributed by atoms with Crippen molar-refractivity contribution < 1.29 is 5.11 Å². The molecule has 1 aliphatic rings. The van der Waals surface area contributed by atoms with Crippen LogP contribution in [0, 0.1) is 6.92 Å². The van der Waals surface area contributed by atoms with Crippen molar-refractivity contribution in [3.63, 3.8) is 0 Å². The Hall–Kier alpha value is -2.13. The van der Waals surface area contributed by atoms with Crippen LogP contribution in [0.5, 0.6) is 0 Å². The van der Waals surface area contributed by atoms with Crippen LogP contribution in [-0.4, -0.2) is 5.11 Å². The van der Waals surface area contributed by atoms with E-state index in [-0.39, 0.29) is 5.76 Å². The molecular formula is C23H29NOS. The Labute approximate surface area is 162 Å². The first kappa shape index (κ1) is 20.2. The lowest BCUT2D eigenvalue weighted by Crippen LogP contribution is -2.05. The highest BCUT2D eigenvalue weighted by molar-refractivity contribution is 7.99. The van der Waals surface area contributed by atoms with Crippen molar-refractivity contribution in [3.8, 4) is 0 Å². The summed E-state index contributed by atoms with van der Waals surface area (Å²) >= 11 is 1.85. The van der Waals surface area contributed by atoms with E-state index in [2.05, 4.69) is 55.2 Å². The highest BCUT2D eigenvalue weighted by Gasteiger charge is 2.22. The van der Waals surface area contributed by atoms with Crippen molar-refractivity contribution >= 4 is 17.4 Å². The molecule has 0 bridgehead atoms. The molecule has 0 aliphatic heterocycles. The zero-order valence-electron chi connectivity index (χ0n) is 16.2. The molecule has 26 heavy (non-hydrogen) atoms. The second-order valence-corrected chi connectivity index (χ2v) is 7.15. The van der Waals surface area contributed by atoms with E-state index in [0.717, 1.165) is 18.5 Å². The molecule has 0 atom stereocenters. The molecule has 0 saturated heterocycles. The average molecular weight is 368 g/mol. The van der Waals surface area contributed by atoms with Gasteiger partial charge >= 0.3 is 0 Å². The number of aliphatic hydroxyl groups excluding tert-OH is 1. The first-order valence-corrected chi connectivity index (χ1v) is 10.1. The highest BCUT2D eigenvalue weighted by Crippen LogP contribution is 2.42. The molecule has 0 heterocycles. The molecule has 2 aromatic carbocycles. The Morgan fingerprint density at radius 1 is 1.15 bits per heavy atom. The number of anilines is 1. The zero-order valence-corrected chi connectivity index (χ0v) is 17.0. The number of fused-ring (bicyclic) bond motifs is 1.